The molecule has 6 fully saturated rings. The van der Waals surface area contributed by atoms with Gasteiger partial charge >= 0.3 is 29.0 Å². The van der Waals surface area contributed by atoms with Crippen molar-refractivity contribution in [3.05, 3.63) is 59.8 Å². The van der Waals surface area contributed by atoms with Gasteiger partial charge in [0.05, 0.1) is 24.4 Å². The molecule has 0 saturated carbocycles. The summed E-state index contributed by atoms with van der Waals surface area (Å²) in [6, 6.07) is 0. The van der Waals surface area contributed by atoms with Crippen LogP contribution in [0.15, 0.2) is 53.2 Å². The number of ketones is 1. The van der Waals surface area contributed by atoms with Crippen LogP contribution in [-0.2, 0) is 33.3 Å². The summed E-state index contributed by atoms with van der Waals surface area (Å²) in [5.41, 5.74) is 2.86. The maximum atomic E-state index is 11.8. The molecular weight excluding hydrogens is 724 g/mol. The first-order chi connectivity index (χ1) is 21.8. The molecule has 0 aromatic rings. The zero-order valence-electron chi connectivity index (χ0n) is 30.7. The van der Waals surface area contributed by atoms with Crippen molar-refractivity contribution < 1.29 is 55.4 Å². The SMILES string of the molecule is C=C(C)C(=O)Cl.C=C(C)C(=O)OC1(C=C(C)C)CC2CCC1O2.CC(C)=CC1(O)CC2CCC1O2.O=C1CC2CCC1O2.[Br-].[CH-]=C(C)C.[Mg+2]. The zero-order chi connectivity index (χ0) is 35.7. The molecule has 0 spiro atoms. The van der Waals surface area contributed by atoms with E-state index in [0.29, 0.717) is 35.6 Å². The minimum atomic E-state index is -0.651. The van der Waals surface area contributed by atoms with Crippen LogP contribution in [0.3, 0.4) is 0 Å². The second kappa shape index (κ2) is 21.4. The first kappa shape index (κ1) is 47.9. The molecule has 6 bridgehead atoms. The Bertz CT molecular complexity index is 1240. The summed E-state index contributed by atoms with van der Waals surface area (Å²) in [7, 11) is 0. The maximum absolute atomic E-state index is 11.8. The van der Waals surface area contributed by atoms with Crippen LogP contribution in [0.5, 0.6) is 0 Å². The second-order valence-electron chi connectivity index (χ2n) is 14.2. The number of esters is 1. The molecule has 0 aromatic carbocycles. The third-order valence-electron chi connectivity index (χ3n) is 8.35. The molecule has 6 rings (SSSR count). The second-order valence-corrected chi connectivity index (χ2v) is 14.6. The van der Waals surface area contributed by atoms with Crippen molar-refractivity contribution in [3.63, 3.8) is 0 Å². The fourth-order valence-electron chi connectivity index (χ4n) is 6.56. The number of carbonyl (C=O) groups is 3. The Kier molecular flexibility index (Phi) is 20.9. The number of aliphatic hydroxyl groups is 1. The van der Waals surface area contributed by atoms with Gasteiger partial charge in [-0.25, -0.2) is 4.79 Å². The van der Waals surface area contributed by atoms with Crippen LogP contribution in [0.25, 0.3) is 0 Å². The van der Waals surface area contributed by atoms with Crippen molar-refractivity contribution in [1.29, 1.82) is 0 Å². The third kappa shape index (κ3) is 15.2. The average molecular weight is 781 g/mol. The van der Waals surface area contributed by atoms with Crippen molar-refractivity contribution in [2.75, 3.05) is 0 Å². The standard InChI is InChI=1S/C14H20O3.C10H16O2.C6H8O2.C4H5ClO.C4H7.BrH.Mg/c1-9(2)7-14(17-13(15)10(3)4)8-11-5-6-12(14)16-11;1-7(2)5-10(11)6-8-3-4-9(10)12-8;7-5-3-4-1-2-6(5)8-4;1-3(2)4(5)6;1-4(2)3;;/h7,11-12H,3,5-6,8H2,1-2,4H3;5,8-9,11H,3-4,6H2,1-2H3;4,6H,1-3H2;1H2,2H3;1H,2-3H3;1H;/q;;;;-1;;+2/p-1. The predicted molar refractivity (Wildman–Crippen MR) is 191 cm³/mol. The van der Waals surface area contributed by atoms with Gasteiger partial charge in [-0.3, -0.25) is 15.2 Å². The van der Waals surface area contributed by atoms with Gasteiger partial charge < -0.3 is 47.6 Å². The van der Waals surface area contributed by atoms with Crippen molar-refractivity contribution in [1.82, 2.24) is 0 Å². The smallest absolute Gasteiger partial charge is 1.00 e. The normalized spacial score (nSPS) is 31.6. The number of ether oxygens (including phenoxy) is 4. The molecule has 8 atom stereocenters. The minimum absolute atomic E-state index is 0. The fraction of sp³-hybridized carbons (Fsp3) is 0.658. The van der Waals surface area contributed by atoms with E-state index in [1.165, 1.54) is 5.57 Å². The number of allylic oxidation sites excluding steroid dienone is 4. The number of halogens is 2. The van der Waals surface area contributed by atoms with E-state index in [0.717, 1.165) is 62.5 Å². The molecule has 0 radical (unpaired) electrons. The van der Waals surface area contributed by atoms with Crippen LogP contribution in [-0.4, -0.2) is 93.0 Å². The third-order valence-corrected chi connectivity index (χ3v) is 8.68. The molecule has 6 heterocycles. The summed E-state index contributed by atoms with van der Waals surface area (Å²) >= 11 is 4.87. The Balaban J connectivity index is 0.000000632. The van der Waals surface area contributed by atoms with Gasteiger partial charge in [-0.1, -0.05) is 44.2 Å². The van der Waals surface area contributed by atoms with E-state index >= 15 is 0 Å². The van der Waals surface area contributed by atoms with E-state index in [1.54, 1.807) is 13.8 Å². The van der Waals surface area contributed by atoms with Crippen LogP contribution in [0.2, 0.25) is 0 Å². The van der Waals surface area contributed by atoms with Crippen LogP contribution >= 0.6 is 11.6 Å². The molecule has 0 aliphatic carbocycles. The van der Waals surface area contributed by atoms with E-state index in [4.69, 9.17) is 37.1 Å². The summed E-state index contributed by atoms with van der Waals surface area (Å²) in [6.45, 7) is 27.0. The van der Waals surface area contributed by atoms with Gasteiger partial charge in [-0.2, -0.15) is 0 Å². The summed E-state index contributed by atoms with van der Waals surface area (Å²) in [6.07, 6.45) is 13.5. The van der Waals surface area contributed by atoms with Crippen molar-refractivity contribution >= 4 is 51.6 Å². The summed E-state index contributed by atoms with van der Waals surface area (Å²) in [4.78, 5) is 32.3. The first-order valence-corrected chi connectivity index (χ1v) is 17.0. The van der Waals surface area contributed by atoms with Gasteiger partial charge in [0, 0.05) is 30.4 Å². The van der Waals surface area contributed by atoms with Gasteiger partial charge in [0.1, 0.15) is 17.8 Å². The Morgan fingerprint density at radius 2 is 1.29 bits per heavy atom. The van der Waals surface area contributed by atoms with Gasteiger partial charge in [-0.15, -0.1) is 0 Å². The molecule has 8 unspecified atom stereocenters. The van der Waals surface area contributed by atoms with Crippen LogP contribution in [0.1, 0.15) is 113 Å². The Labute approximate surface area is 326 Å². The molecule has 6 saturated heterocycles. The number of hydrogen-bond donors (Lipinski definition) is 1. The monoisotopic (exact) mass is 778 g/mol. The van der Waals surface area contributed by atoms with E-state index in [1.807, 2.05) is 53.7 Å². The van der Waals surface area contributed by atoms with Crippen LogP contribution in [0.4, 0.5) is 0 Å². The summed E-state index contributed by atoms with van der Waals surface area (Å²) in [5, 5.41) is 9.69. The van der Waals surface area contributed by atoms with Crippen LogP contribution < -0.4 is 17.0 Å². The van der Waals surface area contributed by atoms with Gasteiger partial charge in [0.15, 0.2) is 11.4 Å². The number of hydrogen-bond acceptors (Lipinski definition) is 8. The molecule has 272 valence electrons. The average Bonchev–Trinajstić information content (AvgIpc) is 3.77. The van der Waals surface area contributed by atoms with E-state index in [2.05, 4.69) is 13.2 Å². The van der Waals surface area contributed by atoms with Crippen molar-refractivity contribution in [2.45, 2.75) is 161 Å². The minimum Gasteiger partial charge on any atom is -1.00 e. The van der Waals surface area contributed by atoms with Crippen molar-refractivity contribution in [3.8, 4) is 0 Å². The first-order valence-electron chi connectivity index (χ1n) is 16.6. The molecule has 6 aliphatic rings. The van der Waals surface area contributed by atoms with Gasteiger partial charge in [0.2, 0.25) is 5.24 Å². The molecular formula is C38H56BrClMgO8. The molecule has 0 amide bonds. The van der Waals surface area contributed by atoms with E-state index in [-0.39, 0.29) is 70.4 Å². The Morgan fingerprint density at radius 1 is 0.816 bits per heavy atom. The van der Waals surface area contributed by atoms with Crippen molar-refractivity contribution in [2.24, 2.45) is 0 Å². The van der Waals surface area contributed by atoms with E-state index in [9.17, 15) is 19.5 Å². The largest absolute Gasteiger partial charge is 2.00 e. The Hall–Kier alpha value is -1.11. The van der Waals surface area contributed by atoms with E-state index < -0.39 is 16.4 Å². The topological polar surface area (TPSA) is 108 Å². The van der Waals surface area contributed by atoms with Gasteiger partial charge in [0.25, 0.3) is 0 Å². The zero-order valence-corrected chi connectivity index (χ0v) is 34.5. The Morgan fingerprint density at radius 3 is 1.55 bits per heavy atom. The van der Waals surface area contributed by atoms with Gasteiger partial charge in [-0.05, 0) is 97.7 Å². The van der Waals surface area contributed by atoms with Crippen LogP contribution in [0, 0.1) is 6.58 Å². The number of rotatable bonds is 5. The molecule has 8 nitrogen and oxygen atoms in total. The number of carbonyl (C=O) groups excluding carboxylic acids is 3. The number of fused-ring (bicyclic) bond motifs is 6. The summed E-state index contributed by atoms with van der Waals surface area (Å²) in [5.74, 6) is -0.0000926. The molecule has 49 heavy (non-hydrogen) atoms. The molecule has 11 heteroatoms. The maximum Gasteiger partial charge on any atom is 2.00 e. The molecule has 0 aromatic heterocycles. The predicted octanol–water partition coefficient (Wildman–Crippen LogP) is 4.24. The number of Topliss-reactive ketones (excluding diaryl/α,β-unsaturated/α-hetero) is 1. The molecule has 6 aliphatic heterocycles. The molecule has 1 N–H and O–H groups in total. The quantitative estimate of drug-likeness (QED) is 0.110. The summed E-state index contributed by atoms with van der Waals surface area (Å²) < 4.78 is 22.3. The fourth-order valence-corrected chi connectivity index (χ4v) is 6.56.